The van der Waals surface area contributed by atoms with Gasteiger partial charge in [-0.2, -0.15) is 0 Å². The van der Waals surface area contributed by atoms with E-state index in [4.69, 9.17) is 9.47 Å². The Morgan fingerprint density at radius 2 is 1.83 bits per heavy atom. The minimum atomic E-state index is -0.446. The molecule has 6 nitrogen and oxygen atoms in total. The van der Waals surface area contributed by atoms with E-state index in [1.165, 1.54) is 44.4 Å². The molecule has 0 unspecified atom stereocenters. The number of phenolic OH excluding ortho intramolecular Hbond substituents is 2. The number of carbonyl (C=O) groups is 2. The van der Waals surface area contributed by atoms with Crippen molar-refractivity contribution in [2.24, 2.45) is 0 Å². The van der Waals surface area contributed by atoms with Crippen molar-refractivity contribution >= 4 is 17.8 Å². The highest BCUT2D eigenvalue weighted by molar-refractivity contribution is 6.08. The summed E-state index contributed by atoms with van der Waals surface area (Å²) in [6.07, 6.45) is 2.79. The standard InChI is InChI=1S/C18H16O6/c1-11(19)24-14-6-3-12(18(10-14)23-2)4-8-16(21)15-7-5-13(20)9-17(15)22/h3-10,20,22H,1-2H3. The number of ketones is 1. The second kappa shape index (κ2) is 7.32. The number of esters is 1. The lowest BCUT2D eigenvalue weighted by molar-refractivity contribution is -0.131. The molecule has 0 saturated heterocycles. The summed E-state index contributed by atoms with van der Waals surface area (Å²) in [6.45, 7) is 1.29. The van der Waals surface area contributed by atoms with Gasteiger partial charge in [0.2, 0.25) is 0 Å². The number of aromatic hydroxyl groups is 2. The Labute approximate surface area is 138 Å². The van der Waals surface area contributed by atoms with Gasteiger partial charge in [-0.05, 0) is 36.4 Å². The summed E-state index contributed by atoms with van der Waals surface area (Å²) in [5, 5.41) is 18.9. The quantitative estimate of drug-likeness (QED) is 0.379. The summed E-state index contributed by atoms with van der Waals surface area (Å²) in [5.41, 5.74) is 0.666. The second-order valence-corrected chi connectivity index (χ2v) is 4.90. The van der Waals surface area contributed by atoms with Gasteiger partial charge in [-0.15, -0.1) is 0 Å². The van der Waals surface area contributed by atoms with Crippen LogP contribution in [0.2, 0.25) is 0 Å². The largest absolute Gasteiger partial charge is 0.508 e. The monoisotopic (exact) mass is 328 g/mol. The summed E-state index contributed by atoms with van der Waals surface area (Å²) < 4.78 is 10.2. The van der Waals surface area contributed by atoms with Crippen LogP contribution in [0, 0.1) is 0 Å². The number of benzene rings is 2. The number of hydrogen-bond donors (Lipinski definition) is 2. The minimum absolute atomic E-state index is 0.0690. The van der Waals surface area contributed by atoms with Gasteiger partial charge in [0.05, 0.1) is 12.7 Å². The number of ether oxygens (including phenoxy) is 2. The van der Waals surface area contributed by atoms with Crippen molar-refractivity contribution in [3.8, 4) is 23.0 Å². The molecule has 2 aromatic rings. The molecule has 6 heteroatoms. The van der Waals surface area contributed by atoms with Gasteiger partial charge in [0, 0.05) is 24.6 Å². The van der Waals surface area contributed by atoms with E-state index in [1.807, 2.05) is 0 Å². The first-order valence-electron chi connectivity index (χ1n) is 7.01. The molecule has 0 atom stereocenters. The van der Waals surface area contributed by atoms with Crippen molar-refractivity contribution in [2.75, 3.05) is 7.11 Å². The van der Waals surface area contributed by atoms with Crippen LogP contribution >= 0.6 is 0 Å². The van der Waals surface area contributed by atoms with Crippen molar-refractivity contribution in [3.63, 3.8) is 0 Å². The third-order valence-electron chi connectivity index (χ3n) is 3.13. The highest BCUT2D eigenvalue weighted by Gasteiger charge is 2.10. The van der Waals surface area contributed by atoms with Crippen molar-refractivity contribution in [1.82, 2.24) is 0 Å². The van der Waals surface area contributed by atoms with Gasteiger partial charge in [-0.25, -0.2) is 0 Å². The Kier molecular flexibility index (Phi) is 5.21. The van der Waals surface area contributed by atoms with E-state index in [9.17, 15) is 19.8 Å². The first-order chi connectivity index (χ1) is 11.4. The molecule has 0 heterocycles. The third-order valence-corrected chi connectivity index (χ3v) is 3.13. The number of carbonyl (C=O) groups excluding carboxylic acids is 2. The highest BCUT2D eigenvalue weighted by Crippen LogP contribution is 2.27. The number of allylic oxidation sites excluding steroid dienone is 1. The number of rotatable bonds is 5. The van der Waals surface area contributed by atoms with Crippen LogP contribution in [0.25, 0.3) is 6.08 Å². The summed E-state index contributed by atoms with van der Waals surface area (Å²) in [7, 11) is 1.46. The molecule has 124 valence electrons. The van der Waals surface area contributed by atoms with Gasteiger partial charge in [0.25, 0.3) is 0 Å². The maximum Gasteiger partial charge on any atom is 0.308 e. The lowest BCUT2D eigenvalue weighted by atomic mass is 10.1. The van der Waals surface area contributed by atoms with Crippen molar-refractivity contribution in [1.29, 1.82) is 0 Å². The van der Waals surface area contributed by atoms with Crippen LogP contribution in [0.15, 0.2) is 42.5 Å². The zero-order valence-electron chi connectivity index (χ0n) is 13.1. The second-order valence-electron chi connectivity index (χ2n) is 4.90. The molecule has 0 aliphatic carbocycles. The predicted octanol–water partition coefficient (Wildman–Crippen LogP) is 2.93. The average Bonchev–Trinajstić information content (AvgIpc) is 2.52. The van der Waals surface area contributed by atoms with Gasteiger partial charge in [0.1, 0.15) is 23.0 Å². The van der Waals surface area contributed by atoms with Crippen LogP contribution in [0.5, 0.6) is 23.0 Å². The SMILES string of the molecule is COc1cc(OC(C)=O)ccc1C=CC(=O)c1ccc(O)cc1O. The molecule has 2 aromatic carbocycles. The Hall–Kier alpha value is -3.28. The van der Waals surface area contributed by atoms with E-state index in [0.29, 0.717) is 17.1 Å². The van der Waals surface area contributed by atoms with Crippen LogP contribution in [0.1, 0.15) is 22.8 Å². The zero-order chi connectivity index (χ0) is 17.7. The first-order valence-corrected chi connectivity index (χ1v) is 7.01. The van der Waals surface area contributed by atoms with E-state index in [2.05, 4.69) is 0 Å². The van der Waals surface area contributed by atoms with Gasteiger partial charge in [-0.1, -0.05) is 0 Å². The summed E-state index contributed by atoms with van der Waals surface area (Å²) in [5.74, 6) is -0.554. The number of methoxy groups -OCH3 is 1. The van der Waals surface area contributed by atoms with Crippen LogP contribution in [0.4, 0.5) is 0 Å². The Morgan fingerprint density at radius 1 is 1.08 bits per heavy atom. The van der Waals surface area contributed by atoms with E-state index in [0.717, 1.165) is 6.07 Å². The molecule has 0 aliphatic heterocycles. The van der Waals surface area contributed by atoms with Crippen molar-refractivity contribution < 1.29 is 29.3 Å². The van der Waals surface area contributed by atoms with Crippen molar-refractivity contribution in [3.05, 3.63) is 53.6 Å². The first kappa shape index (κ1) is 17.1. The Balaban J connectivity index is 2.24. The van der Waals surface area contributed by atoms with Crippen LogP contribution in [-0.4, -0.2) is 29.1 Å². The predicted molar refractivity (Wildman–Crippen MR) is 87.4 cm³/mol. The fourth-order valence-electron chi connectivity index (χ4n) is 2.04. The maximum absolute atomic E-state index is 12.1. The van der Waals surface area contributed by atoms with Gasteiger partial charge in [-0.3, -0.25) is 9.59 Å². The maximum atomic E-state index is 12.1. The van der Waals surface area contributed by atoms with E-state index in [-0.39, 0.29) is 17.1 Å². The number of hydrogen-bond acceptors (Lipinski definition) is 6. The molecule has 0 saturated carbocycles. The summed E-state index contributed by atoms with van der Waals surface area (Å²) in [6, 6.07) is 8.48. The normalized spacial score (nSPS) is 10.6. The molecule has 0 amide bonds. The minimum Gasteiger partial charge on any atom is -0.508 e. The molecule has 2 N–H and O–H groups in total. The lowest BCUT2D eigenvalue weighted by Gasteiger charge is -2.07. The molecule has 24 heavy (non-hydrogen) atoms. The van der Waals surface area contributed by atoms with E-state index < -0.39 is 11.8 Å². The highest BCUT2D eigenvalue weighted by atomic mass is 16.5. The molecule has 0 aromatic heterocycles. The molecule has 0 radical (unpaired) electrons. The third kappa shape index (κ3) is 4.13. The van der Waals surface area contributed by atoms with Gasteiger partial charge < -0.3 is 19.7 Å². The van der Waals surface area contributed by atoms with E-state index >= 15 is 0 Å². The average molecular weight is 328 g/mol. The van der Waals surface area contributed by atoms with Crippen LogP contribution < -0.4 is 9.47 Å². The van der Waals surface area contributed by atoms with E-state index in [1.54, 1.807) is 12.1 Å². The summed E-state index contributed by atoms with van der Waals surface area (Å²) >= 11 is 0. The summed E-state index contributed by atoms with van der Waals surface area (Å²) in [4.78, 5) is 23.1. The van der Waals surface area contributed by atoms with Crippen molar-refractivity contribution in [2.45, 2.75) is 6.92 Å². The zero-order valence-corrected chi connectivity index (χ0v) is 13.1. The molecular weight excluding hydrogens is 312 g/mol. The van der Waals surface area contributed by atoms with Crippen LogP contribution in [-0.2, 0) is 4.79 Å². The Morgan fingerprint density at radius 3 is 2.46 bits per heavy atom. The molecule has 0 spiro atoms. The molecule has 2 rings (SSSR count). The molecule has 0 fully saturated rings. The Bertz CT molecular complexity index is 807. The van der Waals surface area contributed by atoms with Gasteiger partial charge >= 0.3 is 5.97 Å². The fourth-order valence-corrected chi connectivity index (χ4v) is 2.04. The lowest BCUT2D eigenvalue weighted by Crippen LogP contribution is -2.01. The smallest absolute Gasteiger partial charge is 0.308 e. The fraction of sp³-hybridized carbons (Fsp3) is 0.111. The van der Waals surface area contributed by atoms with Gasteiger partial charge in [0.15, 0.2) is 5.78 Å². The molecular formula is C18H16O6. The number of phenols is 2. The topological polar surface area (TPSA) is 93.1 Å². The molecule has 0 bridgehead atoms. The van der Waals surface area contributed by atoms with Crippen LogP contribution in [0.3, 0.4) is 0 Å². The molecule has 0 aliphatic rings.